The van der Waals surface area contributed by atoms with Gasteiger partial charge in [-0.25, -0.2) is 4.39 Å². The van der Waals surface area contributed by atoms with E-state index >= 15 is 0 Å². The first-order valence-corrected chi connectivity index (χ1v) is 12.4. The van der Waals surface area contributed by atoms with Crippen LogP contribution in [-0.4, -0.2) is 39.4 Å². The second-order valence-electron chi connectivity index (χ2n) is 8.01. The van der Waals surface area contributed by atoms with Crippen molar-refractivity contribution in [1.29, 1.82) is 0 Å². The molecule has 0 saturated carbocycles. The van der Waals surface area contributed by atoms with Crippen molar-refractivity contribution in [2.24, 2.45) is 0 Å². The molecule has 202 valence electrons. The summed E-state index contributed by atoms with van der Waals surface area (Å²) in [5.74, 6) is -1.08. The number of hydrogen-bond acceptors (Lipinski definition) is 6. The summed E-state index contributed by atoms with van der Waals surface area (Å²) in [6, 6.07) is 16.6. The van der Waals surface area contributed by atoms with E-state index in [0.29, 0.717) is 17.0 Å². The predicted molar refractivity (Wildman–Crippen MR) is 136 cm³/mol. The van der Waals surface area contributed by atoms with Crippen molar-refractivity contribution in [1.82, 2.24) is 20.1 Å². The normalized spacial score (nSPS) is 11.2. The number of alkyl halides is 3. The lowest BCUT2D eigenvalue weighted by Crippen LogP contribution is -2.24. The molecule has 2 N–H and O–H groups in total. The van der Waals surface area contributed by atoms with Crippen molar-refractivity contribution in [3.8, 4) is 11.4 Å². The van der Waals surface area contributed by atoms with Gasteiger partial charge in [-0.15, -0.1) is 10.2 Å². The van der Waals surface area contributed by atoms with Gasteiger partial charge in [0.15, 0.2) is 11.0 Å². The fourth-order valence-electron chi connectivity index (χ4n) is 3.54. The molecule has 1 aromatic heterocycles. The number of halogens is 4. The summed E-state index contributed by atoms with van der Waals surface area (Å²) in [6.45, 7) is -0.0634. The number of hydrogen-bond donors (Lipinski definition) is 2. The number of amides is 2. The Kier molecular flexibility index (Phi) is 8.49. The fourth-order valence-corrected chi connectivity index (χ4v) is 4.31. The number of benzene rings is 3. The predicted octanol–water partition coefficient (Wildman–Crippen LogP) is 5.09. The molecule has 0 atom stereocenters. The molecule has 0 aliphatic rings. The van der Waals surface area contributed by atoms with Crippen LogP contribution in [-0.2, 0) is 17.5 Å². The number of carbonyl (C=O) groups excluding carboxylic acids is 2. The van der Waals surface area contributed by atoms with Crippen LogP contribution in [0.3, 0.4) is 0 Å². The standard InChI is InChI=1S/C26H21F4N5O3S/c1-38-19-6-4-5-16(13-19)24(37)31-14-22-33-34-25(35(22)18-11-9-17(27)10-12-18)39-15-23(36)32-21-8-3-2-7-20(21)26(28,29)30/h2-13H,14-15H2,1H3,(H,31,37)(H,32,36). The fraction of sp³-hybridized carbons (Fsp3) is 0.154. The Balaban J connectivity index is 1.51. The van der Waals surface area contributed by atoms with E-state index in [1.54, 1.807) is 24.3 Å². The van der Waals surface area contributed by atoms with Crippen LogP contribution in [0.1, 0.15) is 21.7 Å². The third-order valence-corrected chi connectivity index (χ3v) is 6.29. The number of nitrogens with one attached hydrogen (secondary N) is 2. The Labute approximate surface area is 224 Å². The Morgan fingerprint density at radius 3 is 2.46 bits per heavy atom. The maximum absolute atomic E-state index is 13.6. The van der Waals surface area contributed by atoms with E-state index in [9.17, 15) is 27.2 Å². The highest BCUT2D eigenvalue weighted by molar-refractivity contribution is 7.99. The highest BCUT2D eigenvalue weighted by Gasteiger charge is 2.33. The molecule has 39 heavy (non-hydrogen) atoms. The zero-order valence-electron chi connectivity index (χ0n) is 20.3. The zero-order chi connectivity index (χ0) is 28.0. The molecule has 4 rings (SSSR count). The van der Waals surface area contributed by atoms with Gasteiger partial charge in [-0.2, -0.15) is 13.2 Å². The third-order valence-electron chi connectivity index (χ3n) is 5.36. The Hall–Kier alpha value is -4.39. The van der Waals surface area contributed by atoms with Gasteiger partial charge < -0.3 is 15.4 Å². The van der Waals surface area contributed by atoms with Crippen molar-refractivity contribution < 1.29 is 31.9 Å². The van der Waals surface area contributed by atoms with Crippen molar-refractivity contribution >= 4 is 29.3 Å². The van der Waals surface area contributed by atoms with Crippen LogP contribution >= 0.6 is 11.8 Å². The van der Waals surface area contributed by atoms with Crippen LogP contribution in [0.5, 0.6) is 5.75 Å². The summed E-state index contributed by atoms with van der Waals surface area (Å²) in [5.41, 5.74) is -0.520. The molecule has 0 fully saturated rings. The number of ether oxygens (including phenoxy) is 1. The molecule has 0 saturated heterocycles. The third kappa shape index (κ3) is 6.93. The van der Waals surface area contributed by atoms with E-state index in [1.807, 2.05) is 0 Å². The Morgan fingerprint density at radius 1 is 1.00 bits per heavy atom. The lowest BCUT2D eigenvalue weighted by Gasteiger charge is -2.14. The van der Waals surface area contributed by atoms with Gasteiger partial charge in [0.25, 0.3) is 5.91 Å². The summed E-state index contributed by atoms with van der Waals surface area (Å²) in [5, 5.41) is 13.4. The van der Waals surface area contributed by atoms with Gasteiger partial charge in [-0.1, -0.05) is 30.0 Å². The van der Waals surface area contributed by atoms with Gasteiger partial charge in [0.2, 0.25) is 5.91 Å². The molecular weight excluding hydrogens is 538 g/mol. The molecule has 0 bridgehead atoms. The number of carbonyl (C=O) groups is 2. The minimum atomic E-state index is -4.63. The molecule has 0 radical (unpaired) electrons. The van der Waals surface area contributed by atoms with Crippen LogP contribution in [0.2, 0.25) is 0 Å². The summed E-state index contributed by atoms with van der Waals surface area (Å²) in [4.78, 5) is 25.2. The maximum atomic E-state index is 13.6. The van der Waals surface area contributed by atoms with E-state index in [4.69, 9.17) is 4.74 Å². The molecular formula is C26H21F4N5O3S. The monoisotopic (exact) mass is 559 g/mol. The highest BCUT2D eigenvalue weighted by atomic mass is 32.2. The van der Waals surface area contributed by atoms with Gasteiger partial charge in [0.1, 0.15) is 11.6 Å². The lowest BCUT2D eigenvalue weighted by molar-refractivity contribution is -0.137. The average Bonchev–Trinajstić information content (AvgIpc) is 3.33. The van der Waals surface area contributed by atoms with Crippen LogP contribution in [0.15, 0.2) is 78.0 Å². The van der Waals surface area contributed by atoms with Crippen molar-refractivity contribution in [3.63, 3.8) is 0 Å². The molecule has 13 heteroatoms. The highest BCUT2D eigenvalue weighted by Crippen LogP contribution is 2.34. The number of para-hydroxylation sites is 1. The number of rotatable bonds is 9. The molecule has 8 nitrogen and oxygen atoms in total. The van der Waals surface area contributed by atoms with Gasteiger partial charge in [0, 0.05) is 11.3 Å². The quantitative estimate of drug-likeness (QED) is 0.219. The van der Waals surface area contributed by atoms with E-state index < -0.39 is 29.4 Å². The van der Waals surface area contributed by atoms with Crippen LogP contribution in [0.4, 0.5) is 23.2 Å². The van der Waals surface area contributed by atoms with Crippen molar-refractivity contribution in [3.05, 3.63) is 95.6 Å². The molecule has 0 unspecified atom stereocenters. The maximum Gasteiger partial charge on any atom is 0.418 e. The van der Waals surface area contributed by atoms with Crippen molar-refractivity contribution in [2.75, 3.05) is 18.2 Å². The summed E-state index contributed by atoms with van der Waals surface area (Å²) < 4.78 is 60.0. The number of methoxy groups -OCH3 is 1. The van der Waals surface area contributed by atoms with E-state index in [1.165, 1.54) is 48.1 Å². The minimum absolute atomic E-state index is 0.0634. The van der Waals surface area contributed by atoms with Crippen LogP contribution in [0, 0.1) is 5.82 Å². The molecule has 2 amide bonds. The van der Waals surface area contributed by atoms with Crippen molar-refractivity contribution in [2.45, 2.75) is 17.9 Å². The zero-order valence-corrected chi connectivity index (χ0v) is 21.1. The number of nitrogens with zero attached hydrogens (tertiary/aromatic N) is 3. The molecule has 1 heterocycles. The Bertz CT molecular complexity index is 1480. The van der Waals surface area contributed by atoms with Gasteiger partial charge in [0.05, 0.1) is 30.7 Å². The first-order chi connectivity index (χ1) is 18.7. The molecule has 4 aromatic rings. The number of anilines is 1. The SMILES string of the molecule is COc1cccc(C(=O)NCc2nnc(SCC(=O)Nc3ccccc3C(F)(F)F)n2-c2ccc(F)cc2)c1. The molecule has 0 spiro atoms. The summed E-state index contributed by atoms with van der Waals surface area (Å²) in [6.07, 6.45) is -4.63. The molecule has 0 aliphatic carbocycles. The minimum Gasteiger partial charge on any atom is -0.497 e. The second-order valence-corrected chi connectivity index (χ2v) is 8.95. The molecule has 0 aliphatic heterocycles. The van der Waals surface area contributed by atoms with Crippen LogP contribution in [0.25, 0.3) is 5.69 Å². The number of thioether (sulfide) groups is 1. The van der Waals surface area contributed by atoms with Gasteiger partial charge in [-0.3, -0.25) is 14.2 Å². The lowest BCUT2D eigenvalue weighted by atomic mass is 10.1. The van der Waals surface area contributed by atoms with Gasteiger partial charge in [-0.05, 0) is 54.6 Å². The Morgan fingerprint density at radius 2 is 1.74 bits per heavy atom. The summed E-state index contributed by atoms with van der Waals surface area (Å²) >= 11 is 0.916. The van der Waals surface area contributed by atoms with E-state index in [-0.39, 0.29) is 29.0 Å². The second kappa shape index (κ2) is 12.0. The first kappa shape index (κ1) is 27.6. The average molecular weight is 560 g/mol. The van der Waals surface area contributed by atoms with Crippen LogP contribution < -0.4 is 15.4 Å². The van der Waals surface area contributed by atoms with E-state index in [0.717, 1.165) is 23.9 Å². The topological polar surface area (TPSA) is 98.1 Å². The molecule has 3 aromatic carbocycles. The summed E-state index contributed by atoms with van der Waals surface area (Å²) in [7, 11) is 1.48. The smallest absolute Gasteiger partial charge is 0.418 e. The first-order valence-electron chi connectivity index (χ1n) is 11.4. The largest absolute Gasteiger partial charge is 0.497 e. The van der Waals surface area contributed by atoms with E-state index in [2.05, 4.69) is 20.8 Å². The number of aromatic nitrogens is 3. The van der Waals surface area contributed by atoms with Gasteiger partial charge >= 0.3 is 6.18 Å².